The van der Waals surface area contributed by atoms with Crippen LogP contribution in [0.4, 0.5) is 0 Å². The number of carbonyl (C=O) groups excluding carboxylic acids is 1. The summed E-state index contributed by atoms with van der Waals surface area (Å²) in [4.78, 5) is 22.3. The molecule has 1 aliphatic rings. The molecule has 7 nitrogen and oxygen atoms in total. The van der Waals surface area contributed by atoms with Gasteiger partial charge in [-0.2, -0.15) is 0 Å². The van der Waals surface area contributed by atoms with E-state index >= 15 is 0 Å². The van der Waals surface area contributed by atoms with Crippen LogP contribution in [0.5, 0.6) is 0 Å². The molecular weight excluding hydrogens is 216 g/mol. The third kappa shape index (κ3) is 2.91. The summed E-state index contributed by atoms with van der Waals surface area (Å²) >= 11 is 0. The molecule has 0 aromatic rings. The number of amides is 1. The minimum Gasteiger partial charge on any atom is -0.480 e. The molecule has 0 saturated carbocycles. The van der Waals surface area contributed by atoms with Gasteiger partial charge in [0.25, 0.3) is 0 Å². The van der Waals surface area contributed by atoms with Crippen LogP contribution in [0.3, 0.4) is 0 Å². The SMILES string of the molecule is CNC1COCC1C(=O)NC(CO)C(=O)O. The van der Waals surface area contributed by atoms with Crippen LogP contribution in [0.15, 0.2) is 0 Å². The van der Waals surface area contributed by atoms with E-state index < -0.39 is 30.4 Å². The lowest BCUT2D eigenvalue weighted by Crippen LogP contribution is -2.49. The number of likely N-dealkylation sites (N-methyl/N-ethyl adjacent to an activating group) is 1. The second kappa shape index (κ2) is 5.78. The number of hydrogen-bond donors (Lipinski definition) is 4. The third-order valence-electron chi connectivity index (χ3n) is 2.59. The van der Waals surface area contributed by atoms with Crippen molar-refractivity contribution in [2.75, 3.05) is 26.9 Å². The smallest absolute Gasteiger partial charge is 0.328 e. The molecule has 4 N–H and O–H groups in total. The zero-order valence-corrected chi connectivity index (χ0v) is 8.97. The van der Waals surface area contributed by atoms with Gasteiger partial charge in [0.1, 0.15) is 6.04 Å². The number of aliphatic hydroxyl groups excluding tert-OH is 1. The number of carbonyl (C=O) groups is 2. The van der Waals surface area contributed by atoms with Gasteiger partial charge in [0.2, 0.25) is 5.91 Å². The summed E-state index contributed by atoms with van der Waals surface area (Å²) in [6.07, 6.45) is 0. The topological polar surface area (TPSA) is 108 Å². The van der Waals surface area contributed by atoms with Gasteiger partial charge in [-0.25, -0.2) is 4.79 Å². The minimum absolute atomic E-state index is 0.117. The highest BCUT2D eigenvalue weighted by atomic mass is 16.5. The molecule has 3 atom stereocenters. The predicted octanol–water partition coefficient (Wildman–Crippen LogP) is -2.22. The summed E-state index contributed by atoms with van der Waals surface area (Å²) in [6, 6.07) is -1.38. The molecule has 1 aliphatic heterocycles. The van der Waals surface area contributed by atoms with Crippen molar-refractivity contribution in [1.29, 1.82) is 0 Å². The van der Waals surface area contributed by atoms with Crippen molar-refractivity contribution >= 4 is 11.9 Å². The van der Waals surface area contributed by atoms with Crippen molar-refractivity contribution in [1.82, 2.24) is 10.6 Å². The monoisotopic (exact) mass is 232 g/mol. The van der Waals surface area contributed by atoms with Crippen LogP contribution in [0.25, 0.3) is 0 Å². The number of nitrogens with one attached hydrogen (secondary N) is 2. The molecule has 1 rings (SSSR count). The third-order valence-corrected chi connectivity index (χ3v) is 2.59. The Bertz CT molecular complexity index is 271. The first-order valence-corrected chi connectivity index (χ1v) is 4.99. The Kier molecular flexibility index (Phi) is 4.66. The molecule has 92 valence electrons. The van der Waals surface area contributed by atoms with Gasteiger partial charge in [-0.05, 0) is 7.05 Å². The van der Waals surface area contributed by atoms with Crippen molar-refractivity contribution in [2.24, 2.45) is 5.92 Å². The van der Waals surface area contributed by atoms with E-state index in [0.717, 1.165) is 0 Å². The Morgan fingerprint density at radius 2 is 2.19 bits per heavy atom. The number of rotatable bonds is 5. The fourth-order valence-corrected chi connectivity index (χ4v) is 1.56. The molecule has 3 unspecified atom stereocenters. The van der Waals surface area contributed by atoms with Gasteiger partial charge in [0.05, 0.1) is 25.7 Å². The maximum absolute atomic E-state index is 11.7. The molecule has 1 amide bonds. The highest BCUT2D eigenvalue weighted by Crippen LogP contribution is 2.13. The maximum Gasteiger partial charge on any atom is 0.328 e. The second-order valence-electron chi connectivity index (χ2n) is 3.62. The molecule has 1 fully saturated rings. The number of aliphatic carboxylic acids is 1. The largest absolute Gasteiger partial charge is 0.480 e. The fraction of sp³-hybridized carbons (Fsp3) is 0.778. The molecule has 0 radical (unpaired) electrons. The minimum atomic E-state index is -1.26. The van der Waals surface area contributed by atoms with E-state index in [9.17, 15) is 9.59 Å². The number of ether oxygens (including phenoxy) is 1. The van der Waals surface area contributed by atoms with E-state index in [1.807, 2.05) is 0 Å². The summed E-state index contributed by atoms with van der Waals surface area (Å²) in [5.74, 6) is -2.09. The fourth-order valence-electron chi connectivity index (χ4n) is 1.56. The Hall–Kier alpha value is -1.18. The summed E-state index contributed by atoms with van der Waals surface area (Å²) in [5.41, 5.74) is 0. The highest BCUT2D eigenvalue weighted by Gasteiger charge is 2.34. The summed E-state index contributed by atoms with van der Waals surface area (Å²) in [5, 5.41) is 22.6. The Morgan fingerprint density at radius 3 is 2.69 bits per heavy atom. The molecule has 7 heteroatoms. The summed E-state index contributed by atoms with van der Waals surface area (Å²) in [6.45, 7) is 0.0550. The number of hydrogen-bond acceptors (Lipinski definition) is 5. The van der Waals surface area contributed by atoms with E-state index in [1.54, 1.807) is 7.05 Å². The van der Waals surface area contributed by atoms with Crippen LogP contribution in [0.2, 0.25) is 0 Å². The molecule has 0 aromatic heterocycles. The average Bonchev–Trinajstić information content (AvgIpc) is 2.72. The summed E-state index contributed by atoms with van der Waals surface area (Å²) < 4.78 is 5.12. The van der Waals surface area contributed by atoms with E-state index in [1.165, 1.54) is 0 Å². The van der Waals surface area contributed by atoms with E-state index in [0.29, 0.717) is 6.61 Å². The average molecular weight is 232 g/mol. The quantitative estimate of drug-likeness (QED) is 0.428. The van der Waals surface area contributed by atoms with Gasteiger partial charge in [-0.3, -0.25) is 4.79 Å². The molecular formula is C9H16N2O5. The first-order chi connectivity index (χ1) is 7.60. The van der Waals surface area contributed by atoms with Gasteiger partial charge in [0, 0.05) is 6.04 Å². The van der Waals surface area contributed by atoms with Gasteiger partial charge in [0.15, 0.2) is 0 Å². The van der Waals surface area contributed by atoms with E-state index in [4.69, 9.17) is 14.9 Å². The van der Waals surface area contributed by atoms with Crippen LogP contribution in [-0.4, -0.2) is 61.0 Å². The molecule has 1 heterocycles. The van der Waals surface area contributed by atoms with Crippen LogP contribution in [0.1, 0.15) is 0 Å². The van der Waals surface area contributed by atoms with Crippen LogP contribution >= 0.6 is 0 Å². The Morgan fingerprint density at radius 1 is 1.50 bits per heavy atom. The van der Waals surface area contributed by atoms with Gasteiger partial charge in [-0.1, -0.05) is 0 Å². The van der Waals surface area contributed by atoms with Crippen LogP contribution in [0, 0.1) is 5.92 Å². The van der Waals surface area contributed by atoms with E-state index in [2.05, 4.69) is 10.6 Å². The lowest BCUT2D eigenvalue weighted by Gasteiger charge is -2.18. The first-order valence-electron chi connectivity index (χ1n) is 4.99. The zero-order chi connectivity index (χ0) is 12.1. The molecule has 0 bridgehead atoms. The number of aliphatic hydroxyl groups is 1. The predicted molar refractivity (Wildman–Crippen MR) is 53.8 cm³/mol. The van der Waals surface area contributed by atoms with Gasteiger partial charge < -0.3 is 25.6 Å². The van der Waals surface area contributed by atoms with Crippen molar-refractivity contribution in [3.05, 3.63) is 0 Å². The van der Waals surface area contributed by atoms with Crippen LogP contribution in [-0.2, 0) is 14.3 Å². The Balaban J connectivity index is 2.54. The number of carboxylic acids is 1. The lowest BCUT2D eigenvalue weighted by atomic mass is 10.0. The zero-order valence-electron chi connectivity index (χ0n) is 8.97. The molecule has 0 aliphatic carbocycles. The van der Waals surface area contributed by atoms with Crippen molar-refractivity contribution in [2.45, 2.75) is 12.1 Å². The van der Waals surface area contributed by atoms with Crippen molar-refractivity contribution in [3.8, 4) is 0 Å². The number of carboxylic acid groups (broad SMARTS) is 1. The van der Waals surface area contributed by atoms with Gasteiger partial charge in [-0.15, -0.1) is 0 Å². The normalized spacial score (nSPS) is 26.4. The molecule has 16 heavy (non-hydrogen) atoms. The highest BCUT2D eigenvalue weighted by molar-refractivity contribution is 5.85. The molecule has 0 spiro atoms. The molecule has 1 saturated heterocycles. The first kappa shape index (κ1) is 12.9. The maximum atomic E-state index is 11.7. The van der Waals surface area contributed by atoms with Gasteiger partial charge >= 0.3 is 5.97 Å². The van der Waals surface area contributed by atoms with Crippen molar-refractivity contribution in [3.63, 3.8) is 0 Å². The Labute approximate surface area is 92.8 Å². The second-order valence-corrected chi connectivity index (χ2v) is 3.62. The molecule has 0 aromatic carbocycles. The lowest BCUT2D eigenvalue weighted by molar-refractivity contribution is -0.143. The summed E-state index contributed by atoms with van der Waals surface area (Å²) in [7, 11) is 1.71. The van der Waals surface area contributed by atoms with Crippen LogP contribution < -0.4 is 10.6 Å². The van der Waals surface area contributed by atoms with Crippen molar-refractivity contribution < 1.29 is 24.5 Å². The van der Waals surface area contributed by atoms with E-state index in [-0.39, 0.29) is 12.6 Å². The standard InChI is InChI=1S/C9H16N2O5/c1-10-7-4-16-3-5(7)8(13)11-6(2-12)9(14)15/h5-7,10,12H,2-4H2,1H3,(H,11,13)(H,14,15).